The third-order valence-corrected chi connectivity index (χ3v) is 3.53. The molecule has 0 aliphatic heterocycles. The van der Waals surface area contributed by atoms with E-state index in [0.717, 1.165) is 12.8 Å². The summed E-state index contributed by atoms with van der Waals surface area (Å²) >= 11 is 5.88. The quantitative estimate of drug-likeness (QED) is 0.842. The van der Waals surface area contributed by atoms with Gasteiger partial charge in [0.15, 0.2) is 0 Å². The maximum atomic E-state index is 12.0. The minimum atomic E-state index is -0.304. The number of carbonyl (C=O) groups excluding carboxylic acids is 1. The Labute approximate surface area is 117 Å². The fourth-order valence-corrected chi connectivity index (χ4v) is 2.18. The van der Waals surface area contributed by atoms with Crippen molar-refractivity contribution in [3.05, 3.63) is 28.8 Å². The van der Waals surface area contributed by atoms with Crippen LogP contribution in [0, 0.1) is 5.92 Å². The van der Waals surface area contributed by atoms with Gasteiger partial charge in [0.05, 0.1) is 18.8 Å². The van der Waals surface area contributed by atoms with Gasteiger partial charge in [-0.25, -0.2) is 0 Å². The highest BCUT2D eigenvalue weighted by Gasteiger charge is 2.29. The second kappa shape index (κ2) is 6.26. The van der Waals surface area contributed by atoms with E-state index in [0.29, 0.717) is 35.2 Å². The van der Waals surface area contributed by atoms with Gasteiger partial charge in [-0.1, -0.05) is 11.6 Å². The first-order chi connectivity index (χ1) is 9.11. The van der Waals surface area contributed by atoms with E-state index < -0.39 is 0 Å². The Bertz CT molecular complexity index is 460. The standard InChI is InChI=1S/C14H18ClNO3/c1-19-13-5-4-10(15)8-11(13)14(18)16-7-6-12(17)9-2-3-9/h4-5,8-9,12,17H,2-3,6-7H2,1H3,(H,16,18)/t12-/m0/s1. The van der Waals surface area contributed by atoms with Crippen LogP contribution in [-0.4, -0.2) is 30.8 Å². The number of amides is 1. The molecule has 19 heavy (non-hydrogen) atoms. The lowest BCUT2D eigenvalue weighted by Crippen LogP contribution is -2.28. The molecule has 4 nitrogen and oxygen atoms in total. The van der Waals surface area contributed by atoms with E-state index in [1.807, 2.05) is 0 Å². The number of nitrogens with one attached hydrogen (secondary N) is 1. The lowest BCUT2D eigenvalue weighted by Gasteiger charge is -2.12. The van der Waals surface area contributed by atoms with Crippen molar-refractivity contribution in [3.8, 4) is 5.75 Å². The Morgan fingerprint density at radius 3 is 2.95 bits per heavy atom. The van der Waals surface area contributed by atoms with Crippen LogP contribution in [0.3, 0.4) is 0 Å². The predicted octanol–water partition coefficient (Wildman–Crippen LogP) is 2.24. The summed E-state index contributed by atoms with van der Waals surface area (Å²) in [6.45, 7) is 0.451. The summed E-state index contributed by atoms with van der Waals surface area (Å²) in [6, 6.07) is 4.91. The number of hydrogen-bond acceptors (Lipinski definition) is 3. The van der Waals surface area contributed by atoms with Crippen molar-refractivity contribution in [1.82, 2.24) is 5.32 Å². The van der Waals surface area contributed by atoms with Crippen LogP contribution >= 0.6 is 11.6 Å². The summed E-state index contributed by atoms with van der Waals surface area (Å²) in [6.07, 6.45) is 2.47. The van der Waals surface area contributed by atoms with E-state index in [2.05, 4.69) is 5.32 Å². The van der Waals surface area contributed by atoms with Crippen molar-refractivity contribution >= 4 is 17.5 Å². The average molecular weight is 284 g/mol. The monoisotopic (exact) mass is 283 g/mol. The molecule has 0 unspecified atom stereocenters. The maximum Gasteiger partial charge on any atom is 0.255 e. The third kappa shape index (κ3) is 3.85. The topological polar surface area (TPSA) is 58.6 Å². The summed E-state index contributed by atoms with van der Waals surface area (Å²) in [5.41, 5.74) is 0.413. The molecule has 0 bridgehead atoms. The first-order valence-electron chi connectivity index (χ1n) is 6.41. The Balaban J connectivity index is 1.89. The SMILES string of the molecule is COc1ccc(Cl)cc1C(=O)NCC[C@H](O)C1CC1. The molecule has 0 spiro atoms. The van der Waals surface area contributed by atoms with Crippen molar-refractivity contribution in [2.75, 3.05) is 13.7 Å². The molecule has 1 saturated carbocycles. The Hall–Kier alpha value is -1.26. The molecule has 1 aromatic rings. The van der Waals surface area contributed by atoms with Crippen LogP contribution in [0.1, 0.15) is 29.6 Å². The van der Waals surface area contributed by atoms with E-state index in [4.69, 9.17) is 16.3 Å². The van der Waals surface area contributed by atoms with Gasteiger partial charge < -0.3 is 15.2 Å². The fourth-order valence-electron chi connectivity index (χ4n) is 2.00. The van der Waals surface area contributed by atoms with E-state index in [-0.39, 0.29) is 12.0 Å². The summed E-state index contributed by atoms with van der Waals surface area (Å²) in [5, 5.41) is 13.0. The molecule has 0 heterocycles. The first kappa shape index (κ1) is 14.2. The van der Waals surface area contributed by atoms with Crippen LogP contribution in [0.2, 0.25) is 5.02 Å². The van der Waals surface area contributed by atoms with E-state index >= 15 is 0 Å². The molecule has 2 rings (SSSR count). The van der Waals surface area contributed by atoms with Crippen molar-refractivity contribution in [1.29, 1.82) is 0 Å². The summed E-state index contributed by atoms with van der Waals surface area (Å²) in [7, 11) is 1.51. The predicted molar refractivity (Wildman–Crippen MR) is 73.7 cm³/mol. The molecule has 0 aromatic heterocycles. The zero-order chi connectivity index (χ0) is 13.8. The molecule has 0 radical (unpaired) electrons. The molecule has 1 aliphatic rings. The first-order valence-corrected chi connectivity index (χ1v) is 6.79. The Morgan fingerprint density at radius 1 is 1.58 bits per heavy atom. The van der Waals surface area contributed by atoms with Crippen LogP contribution < -0.4 is 10.1 Å². The van der Waals surface area contributed by atoms with E-state index in [9.17, 15) is 9.90 Å². The maximum absolute atomic E-state index is 12.0. The number of carbonyl (C=O) groups is 1. The number of aliphatic hydroxyl groups is 1. The minimum absolute atomic E-state index is 0.234. The highest BCUT2D eigenvalue weighted by Crippen LogP contribution is 2.33. The van der Waals surface area contributed by atoms with Gasteiger partial charge in [0.1, 0.15) is 5.75 Å². The number of halogens is 1. The number of hydrogen-bond donors (Lipinski definition) is 2. The van der Waals surface area contributed by atoms with Gasteiger partial charge in [-0.15, -0.1) is 0 Å². The average Bonchev–Trinajstić information content (AvgIpc) is 3.22. The molecule has 104 valence electrons. The lowest BCUT2D eigenvalue weighted by atomic mass is 10.1. The third-order valence-electron chi connectivity index (χ3n) is 3.30. The smallest absolute Gasteiger partial charge is 0.255 e. The fraction of sp³-hybridized carbons (Fsp3) is 0.500. The summed E-state index contributed by atoms with van der Waals surface area (Å²) in [4.78, 5) is 12.0. The molecule has 1 aliphatic carbocycles. The Morgan fingerprint density at radius 2 is 2.32 bits per heavy atom. The molecule has 0 saturated heterocycles. The molecular formula is C14H18ClNO3. The highest BCUT2D eigenvalue weighted by atomic mass is 35.5. The normalized spacial score (nSPS) is 15.9. The molecule has 1 fully saturated rings. The molecule has 1 atom stereocenters. The number of methoxy groups -OCH3 is 1. The second-order valence-electron chi connectivity index (χ2n) is 4.79. The number of benzene rings is 1. The molecule has 1 amide bonds. The van der Waals surface area contributed by atoms with Crippen LogP contribution in [0.15, 0.2) is 18.2 Å². The second-order valence-corrected chi connectivity index (χ2v) is 5.23. The van der Waals surface area contributed by atoms with Crippen LogP contribution in [0.4, 0.5) is 0 Å². The molecule has 2 N–H and O–H groups in total. The number of aliphatic hydroxyl groups excluding tert-OH is 1. The van der Waals surface area contributed by atoms with Crippen molar-refractivity contribution in [2.45, 2.75) is 25.4 Å². The van der Waals surface area contributed by atoms with E-state index in [1.54, 1.807) is 18.2 Å². The van der Waals surface area contributed by atoms with Gasteiger partial charge in [-0.3, -0.25) is 4.79 Å². The van der Waals surface area contributed by atoms with Crippen molar-refractivity contribution in [2.24, 2.45) is 5.92 Å². The zero-order valence-corrected chi connectivity index (χ0v) is 11.6. The summed E-state index contributed by atoms with van der Waals surface area (Å²) in [5.74, 6) is 0.685. The zero-order valence-electron chi connectivity index (χ0n) is 10.9. The van der Waals surface area contributed by atoms with Gasteiger partial charge in [0, 0.05) is 11.6 Å². The largest absolute Gasteiger partial charge is 0.496 e. The van der Waals surface area contributed by atoms with Crippen molar-refractivity contribution < 1.29 is 14.6 Å². The van der Waals surface area contributed by atoms with Crippen LogP contribution in [0.5, 0.6) is 5.75 Å². The molecule has 1 aromatic carbocycles. The van der Waals surface area contributed by atoms with Gasteiger partial charge in [0.2, 0.25) is 0 Å². The van der Waals surface area contributed by atoms with Crippen LogP contribution in [0.25, 0.3) is 0 Å². The highest BCUT2D eigenvalue weighted by molar-refractivity contribution is 6.31. The van der Waals surface area contributed by atoms with Gasteiger partial charge in [-0.05, 0) is 43.4 Å². The number of ether oxygens (including phenoxy) is 1. The molecule has 5 heteroatoms. The Kier molecular flexibility index (Phi) is 4.66. The van der Waals surface area contributed by atoms with Crippen LogP contribution in [-0.2, 0) is 0 Å². The number of rotatable bonds is 6. The van der Waals surface area contributed by atoms with E-state index in [1.165, 1.54) is 7.11 Å². The minimum Gasteiger partial charge on any atom is -0.496 e. The lowest BCUT2D eigenvalue weighted by molar-refractivity contribution is 0.0934. The molecular weight excluding hydrogens is 266 g/mol. The summed E-state index contributed by atoms with van der Waals surface area (Å²) < 4.78 is 5.13. The van der Waals surface area contributed by atoms with Gasteiger partial charge in [0.25, 0.3) is 5.91 Å². The van der Waals surface area contributed by atoms with Gasteiger partial charge >= 0.3 is 0 Å². The van der Waals surface area contributed by atoms with Gasteiger partial charge in [-0.2, -0.15) is 0 Å². The van der Waals surface area contributed by atoms with Crippen molar-refractivity contribution in [3.63, 3.8) is 0 Å².